The van der Waals surface area contributed by atoms with Crippen LogP contribution in [0.2, 0.25) is 0 Å². The zero-order valence-electron chi connectivity index (χ0n) is 29.1. The van der Waals surface area contributed by atoms with Gasteiger partial charge in [0.05, 0.1) is 39.9 Å². The van der Waals surface area contributed by atoms with E-state index in [1.807, 2.05) is 27.2 Å². The van der Waals surface area contributed by atoms with E-state index in [2.05, 4.69) is 31.3 Å². The zero-order chi connectivity index (χ0) is 32.9. The summed E-state index contributed by atoms with van der Waals surface area (Å²) < 4.78 is 23.0. The normalized spacial score (nSPS) is 15.2. The largest absolute Gasteiger partial charge is 0.756 e. The van der Waals surface area contributed by atoms with Crippen LogP contribution in [0.15, 0.2) is 24.3 Å². The highest BCUT2D eigenvalue weighted by atomic mass is 31.2. The fourth-order valence-corrected chi connectivity index (χ4v) is 5.45. The number of phosphoric acid groups is 1. The molecular formula is C35H69N2O6P. The fourth-order valence-electron chi connectivity index (χ4n) is 4.73. The number of amides is 1. The summed E-state index contributed by atoms with van der Waals surface area (Å²) in [5.74, 6) is -0.212. The lowest BCUT2D eigenvalue weighted by Crippen LogP contribution is -2.45. The first-order chi connectivity index (χ1) is 21.0. The van der Waals surface area contributed by atoms with Crippen LogP contribution in [0, 0.1) is 0 Å². The van der Waals surface area contributed by atoms with Gasteiger partial charge in [0, 0.05) is 6.42 Å². The van der Waals surface area contributed by atoms with Crippen LogP contribution in [0.5, 0.6) is 0 Å². The molecule has 9 heteroatoms. The Kier molecular flexibility index (Phi) is 27.6. The number of phosphoric ester groups is 1. The second-order valence-corrected chi connectivity index (χ2v) is 14.6. The van der Waals surface area contributed by atoms with Crippen molar-refractivity contribution in [2.45, 2.75) is 154 Å². The van der Waals surface area contributed by atoms with Crippen LogP contribution < -0.4 is 10.2 Å². The van der Waals surface area contributed by atoms with Crippen LogP contribution in [0.1, 0.15) is 142 Å². The van der Waals surface area contributed by atoms with Crippen LogP contribution in [0.25, 0.3) is 0 Å². The van der Waals surface area contributed by atoms with Gasteiger partial charge in [-0.25, -0.2) is 0 Å². The summed E-state index contributed by atoms with van der Waals surface area (Å²) in [5, 5.41) is 13.6. The molecule has 0 aromatic heterocycles. The van der Waals surface area contributed by atoms with Crippen molar-refractivity contribution in [2.75, 3.05) is 40.9 Å². The van der Waals surface area contributed by atoms with E-state index < -0.39 is 20.0 Å². The molecule has 0 spiro atoms. The van der Waals surface area contributed by atoms with Gasteiger partial charge in [-0.05, 0) is 44.9 Å². The summed E-state index contributed by atoms with van der Waals surface area (Å²) in [5.41, 5.74) is 0. The van der Waals surface area contributed by atoms with Crippen LogP contribution in [0.3, 0.4) is 0 Å². The number of rotatable bonds is 31. The summed E-state index contributed by atoms with van der Waals surface area (Å²) in [6, 6.07) is -0.883. The third-order valence-electron chi connectivity index (χ3n) is 7.66. The van der Waals surface area contributed by atoms with Gasteiger partial charge in [0.1, 0.15) is 13.2 Å². The quantitative estimate of drug-likeness (QED) is 0.0343. The number of carbonyl (C=O) groups excluding carboxylic acids is 1. The molecule has 0 rings (SSSR count). The van der Waals surface area contributed by atoms with E-state index in [9.17, 15) is 19.4 Å². The Morgan fingerprint density at radius 2 is 1.25 bits per heavy atom. The molecule has 260 valence electrons. The summed E-state index contributed by atoms with van der Waals surface area (Å²) in [4.78, 5) is 25.0. The Morgan fingerprint density at radius 1 is 0.773 bits per heavy atom. The van der Waals surface area contributed by atoms with Crippen molar-refractivity contribution in [3.63, 3.8) is 0 Å². The fraction of sp³-hybridized carbons (Fsp3) is 0.857. The molecule has 0 aliphatic heterocycles. The first kappa shape index (κ1) is 43.0. The smallest absolute Gasteiger partial charge is 0.268 e. The third kappa shape index (κ3) is 29.7. The van der Waals surface area contributed by atoms with E-state index >= 15 is 0 Å². The number of likely N-dealkylation sites (N-methyl/N-ethyl adjacent to an activating group) is 1. The Labute approximate surface area is 271 Å². The van der Waals surface area contributed by atoms with Crippen molar-refractivity contribution < 1.29 is 32.9 Å². The van der Waals surface area contributed by atoms with Gasteiger partial charge < -0.3 is 28.8 Å². The summed E-state index contributed by atoms with van der Waals surface area (Å²) in [6.45, 7) is 4.55. The number of allylic oxidation sites excluding steroid dienone is 3. The van der Waals surface area contributed by atoms with Gasteiger partial charge in [0.2, 0.25) is 5.91 Å². The van der Waals surface area contributed by atoms with Crippen LogP contribution >= 0.6 is 7.82 Å². The maximum atomic E-state index is 12.7. The molecule has 1 amide bonds. The number of aliphatic hydroxyl groups is 1. The Morgan fingerprint density at radius 3 is 1.77 bits per heavy atom. The van der Waals surface area contributed by atoms with Crippen molar-refractivity contribution in [1.29, 1.82) is 0 Å². The molecule has 0 aliphatic rings. The minimum absolute atomic E-state index is 0.00255. The lowest BCUT2D eigenvalue weighted by atomic mass is 10.1. The molecule has 44 heavy (non-hydrogen) atoms. The number of quaternary nitrogens is 1. The number of unbranched alkanes of at least 4 members (excludes halogenated alkanes) is 16. The zero-order valence-corrected chi connectivity index (χ0v) is 30.0. The first-order valence-corrected chi connectivity index (χ1v) is 19.2. The molecule has 0 aromatic carbocycles. The number of hydrogen-bond donors (Lipinski definition) is 2. The number of carbonyl (C=O) groups is 1. The maximum absolute atomic E-state index is 12.7. The summed E-state index contributed by atoms with van der Waals surface area (Å²) >= 11 is 0. The van der Waals surface area contributed by atoms with Crippen molar-refractivity contribution in [3.05, 3.63) is 24.3 Å². The van der Waals surface area contributed by atoms with E-state index in [-0.39, 0.29) is 19.1 Å². The molecule has 0 aromatic rings. The molecule has 0 saturated carbocycles. The number of nitrogens with zero attached hydrogens (tertiary/aromatic N) is 1. The SMILES string of the molecule is CCCCCCC/C=C\CCCCCCCC(=O)NC(COP(=O)([O-])OCC[N+](C)(C)C)C(O)/C=C/CCCCCCCC. The number of hydrogen-bond acceptors (Lipinski definition) is 6. The van der Waals surface area contributed by atoms with Crippen molar-refractivity contribution >= 4 is 13.7 Å². The second-order valence-electron chi connectivity index (χ2n) is 13.2. The average molecular weight is 645 g/mol. The molecule has 2 N–H and O–H groups in total. The van der Waals surface area contributed by atoms with Gasteiger partial charge in [0.15, 0.2) is 0 Å². The average Bonchev–Trinajstić information content (AvgIpc) is 2.95. The summed E-state index contributed by atoms with van der Waals surface area (Å²) in [7, 11) is 1.25. The molecule has 0 saturated heterocycles. The van der Waals surface area contributed by atoms with E-state index in [0.717, 1.165) is 51.4 Å². The topological polar surface area (TPSA) is 108 Å². The Hall–Kier alpha value is -1.02. The van der Waals surface area contributed by atoms with E-state index in [4.69, 9.17) is 9.05 Å². The molecule has 0 bridgehead atoms. The van der Waals surface area contributed by atoms with Crippen LogP contribution in [-0.4, -0.2) is 68.5 Å². The highest BCUT2D eigenvalue weighted by Gasteiger charge is 2.23. The predicted octanol–water partition coefficient (Wildman–Crippen LogP) is 7.99. The highest BCUT2D eigenvalue weighted by Crippen LogP contribution is 2.38. The predicted molar refractivity (Wildman–Crippen MR) is 182 cm³/mol. The van der Waals surface area contributed by atoms with E-state index in [1.54, 1.807) is 6.08 Å². The third-order valence-corrected chi connectivity index (χ3v) is 8.62. The molecule has 0 heterocycles. The van der Waals surface area contributed by atoms with Gasteiger partial charge in [0.25, 0.3) is 7.82 Å². The van der Waals surface area contributed by atoms with Gasteiger partial charge in [-0.3, -0.25) is 9.36 Å². The minimum atomic E-state index is -4.57. The van der Waals surface area contributed by atoms with Gasteiger partial charge in [-0.15, -0.1) is 0 Å². The summed E-state index contributed by atoms with van der Waals surface area (Å²) in [6.07, 6.45) is 29.4. The van der Waals surface area contributed by atoms with Gasteiger partial charge >= 0.3 is 0 Å². The molecule has 0 fully saturated rings. The van der Waals surface area contributed by atoms with E-state index in [1.165, 1.54) is 70.6 Å². The molecule has 0 radical (unpaired) electrons. The van der Waals surface area contributed by atoms with E-state index in [0.29, 0.717) is 17.4 Å². The lowest BCUT2D eigenvalue weighted by Gasteiger charge is -2.29. The number of aliphatic hydroxyl groups excluding tert-OH is 1. The van der Waals surface area contributed by atoms with Crippen LogP contribution in [0.4, 0.5) is 0 Å². The molecule has 3 atom stereocenters. The van der Waals surface area contributed by atoms with Gasteiger partial charge in [-0.2, -0.15) is 0 Å². The molecule has 3 unspecified atom stereocenters. The highest BCUT2D eigenvalue weighted by molar-refractivity contribution is 7.45. The molecular weight excluding hydrogens is 575 g/mol. The van der Waals surface area contributed by atoms with Gasteiger partial charge in [-0.1, -0.05) is 115 Å². The second kappa shape index (κ2) is 28.2. The number of nitrogens with one attached hydrogen (secondary N) is 1. The molecule has 0 aliphatic carbocycles. The van der Waals surface area contributed by atoms with Crippen molar-refractivity contribution in [2.24, 2.45) is 0 Å². The Bertz CT molecular complexity index is 784. The lowest BCUT2D eigenvalue weighted by molar-refractivity contribution is -0.870. The minimum Gasteiger partial charge on any atom is -0.756 e. The van der Waals surface area contributed by atoms with Crippen molar-refractivity contribution in [3.8, 4) is 0 Å². The monoisotopic (exact) mass is 644 g/mol. The van der Waals surface area contributed by atoms with Crippen LogP contribution in [-0.2, 0) is 18.4 Å². The maximum Gasteiger partial charge on any atom is 0.268 e. The standard InChI is InChI=1S/C35H69N2O6P/c1-6-8-10-12-14-16-17-18-19-20-21-23-25-27-29-35(39)36-33(32-43-44(40,41)42-31-30-37(3,4)5)34(38)28-26-24-22-15-13-11-9-7-2/h17-18,26,28,33-34,38H,6-16,19-25,27,29-32H2,1-5H3,(H-,36,39,40,41)/b18-17-,28-26+. The Balaban J connectivity index is 4.53. The molecule has 8 nitrogen and oxygen atoms in total. The van der Waals surface area contributed by atoms with Crippen molar-refractivity contribution in [1.82, 2.24) is 5.32 Å². The first-order valence-electron chi connectivity index (χ1n) is 17.7.